The van der Waals surface area contributed by atoms with Gasteiger partial charge in [-0.1, -0.05) is 0 Å². The maximum Gasteiger partial charge on any atom is 0.326 e. The summed E-state index contributed by atoms with van der Waals surface area (Å²) in [4.78, 5) is 12.3. The molecule has 1 heterocycles. The minimum absolute atomic E-state index is 0.0985. The number of rotatable bonds is 6. The molecule has 2 fully saturated rings. The first-order chi connectivity index (χ1) is 10.1. The molecule has 0 amide bonds. The topological polar surface area (TPSA) is 47.6 Å². The number of hydrogen-bond donors (Lipinski definition) is 1. The molecule has 4 nitrogen and oxygen atoms in total. The zero-order chi connectivity index (χ0) is 15.3. The standard InChI is InChI=1S/C16H29NO3S/c1-12(2)17-16(15(18)19-3)8-4-7-14(10-16)21-11-13-6-5-9-20-13/h12-14,17H,4-11H2,1-3H3. The Bertz CT molecular complexity index is 344. The lowest BCUT2D eigenvalue weighted by Gasteiger charge is -2.40. The molecular formula is C16H29NO3S. The second-order valence-corrected chi connectivity index (χ2v) is 7.89. The molecule has 1 aliphatic carbocycles. The molecule has 21 heavy (non-hydrogen) atoms. The lowest BCUT2D eigenvalue weighted by atomic mass is 9.81. The smallest absolute Gasteiger partial charge is 0.326 e. The van der Waals surface area contributed by atoms with Crippen LogP contribution in [0, 0.1) is 0 Å². The van der Waals surface area contributed by atoms with E-state index in [-0.39, 0.29) is 12.0 Å². The van der Waals surface area contributed by atoms with Crippen LogP contribution in [0.5, 0.6) is 0 Å². The molecule has 1 N–H and O–H groups in total. The van der Waals surface area contributed by atoms with E-state index in [1.807, 2.05) is 11.8 Å². The van der Waals surface area contributed by atoms with E-state index in [1.165, 1.54) is 26.4 Å². The molecule has 1 saturated carbocycles. The van der Waals surface area contributed by atoms with Gasteiger partial charge >= 0.3 is 5.97 Å². The molecule has 5 heteroatoms. The van der Waals surface area contributed by atoms with Crippen LogP contribution in [0.25, 0.3) is 0 Å². The summed E-state index contributed by atoms with van der Waals surface area (Å²) in [6.45, 7) is 5.10. The molecule has 0 bridgehead atoms. The monoisotopic (exact) mass is 315 g/mol. The van der Waals surface area contributed by atoms with Gasteiger partial charge in [-0.3, -0.25) is 10.1 Å². The first-order valence-electron chi connectivity index (χ1n) is 8.15. The van der Waals surface area contributed by atoms with E-state index >= 15 is 0 Å². The van der Waals surface area contributed by atoms with Crippen LogP contribution in [0.4, 0.5) is 0 Å². The SMILES string of the molecule is COC(=O)C1(NC(C)C)CCCC(SCC2CCCO2)C1. The van der Waals surface area contributed by atoms with Gasteiger partial charge in [0.15, 0.2) is 0 Å². The van der Waals surface area contributed by atoms with Crippen LogP contribution in [0.3, 0.4) is 0 Å². The summed E-state index contributed by atoms with van der Waals surface area (Å²) < 4.78 is 10.8. The van der Waals surface area contributed by atoms with E-state index in [9.17, 15) is 4.79 Å². The average Bonchev–Trinajstić information content (AvgIpc) is 2.97. The molecule has 0 aromatic rings. The van der Waals surface area contributed by atoms with Gasteiger partial charge in [-0.05, 0) is 52.4 Å². The van der Waals surface area contributed by atoms with Crippen LogP contribution in [0.2, 0.25) is 0 Å². The second-order valence-electron chi connectivity index (χ2n) is 6.56. The summed E-state index contributed by atoms with van der Waals surface area (Å²) in [7, 11) is 1.50. The normalized spacial score (nSPS) is 33.3. The Hall–Kier alpha value is -0.260. The van der Waals surface area contributed by atoms with Crippen molar-refractivity contribution in [2.24, 2.45) is 0 Å². The maximum absolute atomic E-state index is 12.3. The van der Waals surface area contributed by atoms with E-state index in [2.05, 4.69) is 19.2 Å². The predicted molar refractivity (Wildman–Crippen MR) is 86.7 cm³/mol. The molecule has 122 valence electrons. The molecule has 1 aliphatic heterocycles. The zero-order valence-electron chi connectivity index (χ0n) is 13.5. The Morgan fingerprint density at radius 2 is 2.24 bits per heavy atom. The van der Waals surface area contributed by atoms with Crippen molar-refractivity contribution in [3.8, 4) is 0 Å². The number of ether oxygens (including phenoxy) is 2. The van der Waals surface area contributed by atoms with Crippen LogP contribution in [0.1, 0.15) is 52.4 Å². The first kappa shape index (κ1) is 17.1. The fourth-order valence-electron chi connectivity index (χ4n) is 3.51. The summed E-state index contributed by atoms with van der Waals surface area (Å²) in [6.07, 6.45) is 6.82. The van der Waals surface area contributed by atoms with Crippen LogP contribution < -0.4 is 5.32 Å². The molecule has 2 aliphatic rings. The van der Waals surface area contributed by atoms with Gasteiger partial charge in [0.1, 0.15) is 5.54 Å². The maximum atomic E-state index is 12.3. The van der Waals surface area contributed by atoms with Crippen LogP contribution in [-0.2, 0) is 14.3 Å². The van der Waals surface area contributed by atoms with Gasteiger partial charge < -0.3 is 9.47 Å². The summed E-state index contributed by atoms with van der Waals surface area (Å²) in [5.74, 6) is 0.961. The highest BCUT2D eigenvalue weighted by atomic mass is 32.2. The van der Waals surface area contributed by atoms with Gasteiger partial charge in [-0.15, -0.1) is 0 Å². The molecule has 3 unspecified atom stereocenters. The van der Waals surface area contributed by atoms with Crippen molar-refractivity contribution in [1.29, 1.82) is 0 Å². The van der Waals surface area contributed by atoms with Crippen molar-refractivity contribution in [3.05, 3.63) is 0 Å². The fourth-order valence-corrected chi connectivity index (χ4v) is 4.99. The van der Waals surface area contributed by atoms with Crippen molar-refractivity contribution >= 4 is 17.7 Å². The van der Waals surface area contributed by atoms with Crippen molar-refractivity contribution in [3.63, 3.8) is 0 Å². The lowest BCUT2D eigenvalue weighted by Crippen LogP contribution is -2.58. The van der Waals surface area contributed by atoms with Gasteiger partial charge in [0.25, 0.3) is 0 Å². The number of carbonyl (C=O) groups excluding carboxylic acids is 1. The second kappa shape index (κ2) is 7.84. The predicted octanol–water partition coefficient (Wildman–Crippen LogP) is 2.75. The highest BCUT2D eigenvalue weighted by molar-refractivity contribution is 7.99. The van der Waals surface area contributed by atoms with Gasteiger partial charge in [0.2, 0.25) is 0 Å². The van der Waals surface area contributed by atoms with E-state index in [4.69, 9.17) is 9.47 Å². The summed E-state index contributed by atoms with van der Waals surface area (Å²) >= 11 is 1.98. The number of carbonyl (C=O) groups is 1. The highest BCUT2D eigenvalue weighted by Gasteiger charge is 2.44. The molecule has 0 aromatic carbocycles. The van der Waals surface area contributed by atoms with E-state index < -0.39 is 5.54 Å². The third kappa shape index (κ3) is 4.60. The van der Waals surface area contributed by atoms with E-state index in [0.29, 0.717) is 11.4 Å². The Morgan fingerprint density at radius 1 is 1.43 bits per heavy atom. The largest absolute Gasteiger partial charge is 0.468 e. The fraction of sp³-hybridized carbons (Fsp3) is 0.938. The number of esters is 1. The summed E-state index contributed by atoms with van der Waals surface area (Å²) in [5.41, 5.74) is -0.491. The van der Waals surface area contributed by atoms with E-state index in [0.717, 1.165) is 31.6 Å². The van der Waals surface area contributed by atoms with Gasteiger partial charge in [0.05, 0.1) is 13.2 Å². The highest BCUT2D eigenvalue weighted by Crippen LogP contribution is 2.37. The summed E-state index contributed by atoms with van der Waals surface area (Å²) in [5, 5.41) is 4.01. The van der Waals surface area contributed by atoms with E-state index in [1.54, 1.807) is 0 Å². The Balaban J connectivity index is 1.93. The minimum Gasteiger partial charge on any atom is -0.468 e. The minimum atomic E-state index is -0.491. The lowest BCUT2D eigenvalue weighted by molar-refractivity contribution is -0.150. The number of hydrogen-bond acceptors (Lipinski definition) is 5. The molecule has 0 radical (unpaired) electrons. The summed E-state index contributed by atoms with van der Waals surface area (Å²) in [6, 6.07) is 0.283. The van der Waals surface area contributed by atoms with Crippen molar-refractivity contribution in [2.75, 3.05) is 19.5 Å². The van der Waals surface area contributed by atoms with Crippen LogP contribution in [0.15, 0.2) is 0 Å². The molecule has 3 atom stereocenters. The van der Waals surface area contributed by atoms with Crippen molar-refractivity contribution in [2.45, 2.75) is 75.3 Å². The third-order valence-corrected chi connectivity index (χ3v) is 5.83. The Morgan fingerprint density at radius 3 is 2.86 bits per heavy atom. The molecular weight excluding hydrogens is 286 g/mol. The quantitative estimate of drug-likeness (QED) is 0.764. The van der Waals surface area contributed by atoms with Crippen molar-refractivity contribution < 1.29 is 14.3 Å². The number of thioether (sulfide) groups is 1. The molecule has 0 aromatic heterocycles. The third-order valence-electron chi connectivity index (χ3n) is 4.39. The molecule has 1 saturated heterocycles. The molecule has 2 rings (SSSR count). The number of methoxy groups -OCH3 is 1. The van der Waals surface area contributed by atoms with Crippen molar-refractivity contribution in [1.82, 2.24) is 5.32 Å². The number of nitrogens with one attached hydrogen (secondary N) is 1. The Labute approximate surface area is 132 Å². The van der Waals surface area contributed by atoms with Crippen LogP contribution in [-0.4, -0.2) is 48.4 Å². The zero-order valence-corrected chi connectivity index (χ0v) is 14.3. The Kier molecular flexibility index (Phi) is 6.38. The molecule has 0 spiro atoms. The average molecular weight is 315 g/mol. The van der Waals surface area contributed by atoms with Gasteiger partial charge in [-0.25, -0.2) is 0 Å². The van der Waals surface area contributed by atoms with Crippen LogP contribution >= 0.6 is 11.8 Å². The van der Waals surface area contributed by atoms with Gasteiger partial charge in [-0.2, -0.15) is 11.8 Å². The first-order valence-corrected chi connectivity index (χ1v) is 9.20. The van der Waals surface area contributed by atoms with Gasteiger partial charge in [0, 0.05) is 23.7 Å².